The van der Waals surface area contributed by atoms with Gasteiger partial charge in [0.05, 0.1) is 26.1 Å². The van der Waals surface area contributed by atoms with E-state index in [9.17, 15) is 9.59 Å². The van der Waals surface area contributed by atoms with Crippen LogP contribution in [0.3, 0.4) is 0 Å². The van der Waals surface area contributed by atoms with Crippen LogP contribution in [0.1, 0.15) is 30.7 Å². The van der Waals surface area contributed by atoms with Crippen molar-refractivity contribution in [3.63, 3.8) is 0 Å². The molecule has 0 unspecified atom stereocenters. The SMILES string of the molecule is Cc1nc2ccc(NC(=O)CCCCCn3c(=S)[nH]c4ccccc4c3=O)cc2s1. The molecule has 0 aliphatic rings. The molecule has 0 bridgehead atoms. The van der Waals surface area contributed by atoms with E-state index in [1.807, 2.05) is 43.3 Å². The molecule has 1 amide bonds. The number of carbonyl (C=O) groups is 1. The highest BCUT2D eigenvalue weighted by atomic mass is 32.1. The van der Waals surface area contributed by atoms with Crippen LogP contribution in [-0.2, 0) is 11.3 Å². The third-order valence-electron chi connectivity index (χ3n) is 4.95. The molecule has 0 aliphatic carbocycles. The third-order valence-corrected chi connectivity index (χ3v) is 6.21. The maximum atomic E-state index is 12.6. The number of rotatable bonds is 7. The zero-order chi connectivity index (χ0) is 21.1. The number of nitrogens with one attached hydrogen (secondary N) is 2. The zero-order valence-corrected chi connectivity index (χ0v) is 18.2. The molecular formula is C22H22N4O2S2. The van der Waals surface area contributed by atoms with Gasteiger partial charge in [-0.1, -0.05) is 18.6 Å². The number of aromatic amines is 1. The summed E-state index contributed by atoms with van der Waals surface area (Å²) < 4.78 is 3.11. The van der Waals surface area contributed by atoms with Crippen molar-refractivity contribution in [3.05, 3.63) is 62.6 Å². The molecule has 4 aromatic rings. The topological polar surface area (TPSA) is 79.8 Å². The summed E-state index contributed by atoms with van der Waals surface area (Å²) in [4.78, 5) is 32.4. The molecule has 8 heteroatoms. The summed E-state index contributed by atoms with van der Waals surface area (Å²) >= 11 is 6.95. The van der Waals surface area contributed by atoms with Gasteiger partial charge in [0.25, 0.3) is 5.56 Å². The van der Waals surface area contributed by atoms with E-state index in [1.54, 1.807) is 22.0 Å². The number of benzene rings is 2. The molecule has 2 aromatic carbocycles. The van der Waals surface area contributed by atoms with Gasteiger partial charge in [-0.05, 0) is 62.3 Å². The lowest BCUT2D eigenvalue weighted by Gasteiger charge is -2.08. The first kappa shape index (κ1) is 20.4. The highest BCUT2D eigenvalue weighted by Gasteiger charge is 2.07. The number of H-pyrrole nitrogens is 1. The number of aryl methyl sites for hydroxylation is 1. The molecule has 0 radical (unpaired) electrons. The van der Waals surface area contributed by atoms with Crippen molar-refractivity contribution in [1.82, 2.24) is 14.5 Å². The second-order valence-corrected chi connectivity index (χ2v) is 8.83. The van der Waals surface area contributed by atoms with Gasteiger partial charge in [-0.3, -0.25) is 14.2 Å². The molecule has 0 atom stereocenters. The van der Waals surface area contributed by atoms with Gasteiger partial charge in [-0.2, -0.15) is 0 Å². The average molecular weight is 439 g/mol. The summed E-state index contributed by atoms with van der Waals surface area (Å²) in [6.07, 6.45) is 2.83. The van der Waals surface area contributed by atoms with Crippen LogP contribution in [0, 0.1) is 11.7 Å². The van der Waals surface area contributed by atoms with Crippen molar-refractivity contribution >= 4 is 56.3 Å². The van der Waals surface area contributed by atoms with Crippen LogP contribution >= 0.6 is 23.6 Å². The van der Waals surface area contributed by atoms with Crippen LogP contribution in [0.5, 0.6) is 0 Å². The Morgan fingerprint density at radius 3 is 2.90 bits per heavy atom. The number of anilines is 1. The van der Waals surface area contributed by atoms with E-state index in [0.717, 1.165) is 45.7 Å². The molecule has 0 fully saturated rings. The summed E-state index contributed by atoms with van der Waals surface area (Å²) in [7, 11) is 0. The Bertz CT molecular complexity index is 1340. The molecule has 0 saturated heterocycles. The van der Waals surface area contributed by atoms with Crippen LogP contribution in [0.2, 0.25) is 0 Å². The summed E-state index contributed by atoms with van der Waals surface area (Å²) in [6.45, 7) is 2.52. The summed E-state index contributed by atoms with van der Waals surface area (Å²) in [6, 6.07) is 13.1. The number of hydrogen-bond acceptors (Lipinski definition) is 5. The lowest BCUT2D eigenvalue weighted by atomic mass is 10.2. The van der Waals surface area contributed by atoms with Crippen molar-refractivity contribution in [2.75, 3.05) is 5.32 Å². The van der Waals surface area contributed by atoms with Crippen molar-refractivity contribution in [1.29, 1.82) is 0 Å². The predicted molar refractivity (Wildman–Crippen MR) is 125 cm³/mol. The average Bonchev–Trinajstić information content (AvgIpc) is 3.09. The van der Waals surface area contributed by atoms with Crippen molar-refractivity contribution in [2.24, 2.45) is 0 Å². The molecule has 0 saturated carbocycles. The van der Waals surface area contributed by atoms with Crippen LogP contribution in [-0.4, -0.2) is 20.4 Å². The van der Waals surface area contributed by atoms with Gasteiger partial charge < -0.3 is 10.3 Å². The predicted octanol–water partition coefficient (Wildman–Crippen LogP) is 5.18. The van der Waals surface area contributed by atoms with Gasteiger partial charge >= 0.3 is 0 Å². The van der Waals surface area contributed by atoms with E-state index >= 15 is 0 Å². The fourth-order valence-corrected chi connectivity index (χ4v) is 4.63. The first-order chi connectivity index (χ1) is 14.5. The third kappa shape index (κ3) is 4.49. The van der Waals surface area contributed by atoms with E-state index < -0.39 is 0 Å². The number of thiazole rings is 1. The lowest BCUT2D eigenvalue weighted by Crippen LogP contribution is -2.22. The number of hydrogen-bond donors (Lipinski definition) is 2. The Balaban J connectivity index is 1.28. The Labute approximate surface area is 182 Å². The van der Waals surface area contributed by atoms with E-state index in [2.05, 4.69) is 15.3 Å². The Morgan fingerprint density at radius 1 is 1.20 bits per heavy atom. The minimum Gasteiger partial charge on any atom is -0.332 e. The van der Waals surface area contributed by atoms with Gasteiger partial charge in [0.1, 0.15) is 0 Å². The highest BCUT2D eigenvalue weighted by molar-refractivity contribution is 7.71. The molecule has 4 rings (SSSR count). The van der Waals surface area contributed by atoms with Crippen molar-refractivity contribution in [2.45, 2.75) is 39.2 Å². The number of fused-ring (bicyclic) bond motifs is 2. The fourth-order valence-electron chi connectivity index (χ4n) is 3.48. The maximum absolute atomic E-state index is 12.6. The van der Waals surface area contributed by atoms with Gasteiger partial charge in [0, 0.05) is 18.7 Å². The number of amides is 1. The molecule has 0 aliphatic heterocycles. The second-order valence-electron chi connectivity index (χ2n) is 7.21. The Morgan fingerprint density at radius 2 is 2.03 bits per heavy atom. The van der Waals surface area contributed by atoms with Crippen LogP contribution in [0.15, 0.2) is 47.3 Å². The lowest BCUT2D eigenvalue weighted by molar-refractivity contribution is -0.116. The molecule has 2 N–H and O–H groups in total. The molecule has 30 heavy (non-hydrogen) atoms. The first-order valence-corrected chi connectivity index (χ1v) is 11.1. The zero-order valence-electron chi connectivity index (χ0n) is 16.6. The quantitative estimate of drug-likeness (QED) is 0.308. The number of carbonyl (C=O) groups excluding carboxylic acids is 1. The van der Waals surface area contributed by atoms with E-state index in [1.165, 1.54) is 0 Å². The van der Waals surface area contributed by atoms with Gasteiger partial charge in [0.15, 0.2) is 4.77 Å². The second kappa shape index (κ2) is 8.89. The van der Waals surface area contributed by atoms with Gasteiger partial charge in [-0.15, -0.1) is 11.3 Å². The normalized spacial score (nSPS) is 11.2. The monoisotopic (exact) mass is 438 g/mol. The minimum absolute atomic E-state index is 0.00393. The summed E-state index contributed by atoms with van der Waals surface area (Å²) in [5.41, 5.74) is 2.44. The Kier molecular flexibility index (Phi) is 6.06. The highest BCUT2D eigenvalue weighted by Crippen LogP contribution is 2.24. The molecule has 2 aromatic heterocycles. The minimum atomic E-state index is -0.0687. The number of aromatic nitrogens is 3. The largest absolute Gasteiger partial charge is 0.332 e. The van der Waals surface area contributed by atoms with E-state index in [-0.39, 0.29) is 11.5 Å². The first-order valence-electron chi connectivity index (χ1n) is 9.90. The molecule has 6 nitrogen and oxygen atoms in total. The van der Waals surface area contributed by atoms with Crippen LogP contribution in [0.25, 0.3) is 21.1 Å². The summed E-state index contributed by atoms with van der Waals surface area (Å²) in [5, 5.41) is 4.60. The van der Waals surface area contributed by atoms with Gasteiger partial charge in [-0.25, -0.2) is 4.98 Å². The summed E-state index contributed by atoms with van der Waals surface area (Å²) in [5.74, 6) is -0.00393. The van der Waals surface area contributed by atoms with E-state index in [4.69, 9.17) is 12.2 Å². The molecule has 2 heterocycles. The standard InChI is InChI=1S/C22H22N4O2S2/c1-14-23-18-11-10-15(13-19(18)30-14)24-20(27)9-3-2-6-12-26-21(28)16-7-4-5-8-17(16)25-22(26)29/h4-5,7-8,10-11,13H,2-3,6,9,12H2,1H3,(H,24,27)(H,25,29). The number of para-hydroxylation sites is 1. The fraction of sp³-hybridized carbons (Fsp3) is 0.273. The van der Waals surface area contributed by atoms with Crippen molar-refractivity contribution in [3.8, 4) is 0 Å². The number of nitrogens with zero attached hydrogens (tertiary/aromatic N) is 2. The van der Waals surface area contributed by atoms with Crippen LogP contribution in [0.4, 0.5) is 5.69 Å². The van der Waals surface area contributed by atoms with Crippen molar-refractivity contribution < 1.29 is 4.79 Å². The van der Waals surface area contributed by atoms with Gasteiger partial charge in [0.2, 0.25) is 5.91 Å². The molecule has 154 valence electrons. The van der Waals surface area contributed by atoms with Crippen LogP contribution < -0.4 is 10.9 Å². The molecular weight excluding hydrogens is 416 g/mol. The maximum Gasteiger partial charge on any atom is 0.262 e. The smallest absolute Gasteiger partial charge is 0.262 e. The van der Waals surface area contributed by atoms with E-state index in [0.29, 0.717) is 23.1 Å². The number of unbranched alkanes of at least 4 members (excludes halogenated alkanes) is 2. The molecule has 0 spiro atoms. The Hall–Kier alpha value is -2.84.